The first-order valence-electron chi connectivity index (χ1n) is 4.74. The summed E-state index contributed by atoms with van der Waals surface area (Å²) in [5, 5.41) is 11.8. The van der Waals surface area contributed by atoms with Crippen molar-refractivity contribution in [1.82, 2.24) is 10.3 Å². The Morgan fingerprint density at radius 1 is 1.57 bits per heavy atom. The monoisotopic (exact) mass is 195 g/mol. The molecular weight excluding hydrogens is 178 g/mol. The van der Waals surface area contributed by atoms with Gasteiger partial charge in [-0.25, -0.2) is 0 Å². The van der Waals surface area contributed by atoms with Crippen molar-refractivity contribution in [3.8, 4) is 0 Å². The first kappa shape index (κ1) is 11.1. The molecule has 0 radical (unpaired) electrons. The van der Waals surface area contributed by atoms with Gasteiger partial charge in [-0.05, 0) is 18.6 Å². The van der Waals surface area contributed by atoms with Crippen LogP contribution in [-0.2, 0) is 0 Å². The van der Waals surface area contributed by atoms with Crippen molar-refractivity contribution in [2.45, 2.75) is 13.0 Å². The van der Waals surface area contributed by atoms with E-state index >= 15 is 0 Å². The Balaban J connectivity index is 2.64. The van der Waals surface area contributed by atoms with Gasteiger partial charge in [-0.1, -0.05) is 6.07 Å². The Kier molecular flexibility index (Phi) is 4.52. The lowest BCUT2D eigenvalue weighted by Gasteiger charge is -2.16. The van der Waals surface area contributed by atoms with Crippen molar-refractivity contribution < 1.29 is 5.11 Å². The standard InChI is InChI=1S/C10H17N3O/c1-8-2-3-9(7-13-8)10(6-11)12-4-5-14/h2-3,7,10,12,14H,4-6,11H2,1H3. The quantitative estimate of drug-likeness (QED) is 0.617. The summed E-state index contributed by atoms with van der Waals surface area (Å²) in [7, 11) is 0. The molecule has 1 aromatic rings. The third kappa shape index (κ3) is 3.06. The lowest BCUT2D eigenvalue weighted by Crippen LogP contribution is -2.30. The maximum atomic E-state index is 8.68. The molecule has 0 aliphatic carbocycles. The molecule has 0 saturated heterocycles. The number of hydrogen-bond acceptors (Lipinski definition) is 4. The zero-order chi connectivity index (χ0) is 10.4. The van der Waals surface area contributed by atoms with Crippen LogP contribution in [0.1, 0.15) is 17.3 Å². The lowest BCUT2D eigenvalue weighted by molar-refractivity contribution is 0.285. The molecule has 0 spiro atoms. The summed E-state index contributed by atoms with van der Waals surface area (Å²) in [4.78, 5) is 4.20. The van der Waals surface area contributed by atoms with Crippen molar-refractivity contribution in [3.05, 3.63) is 29.6 Å². The van der Waals surface area contributed by atoms with Gasteiger partial charge in [0.2, 0.25) is 0 Å². The average Bonchev–Trinajstić information content (AvgIpc) is 2.21. The number of pyridine rings is 1. The van der Waals surface area contributed by atoms with Crippen molar-refractivity contribution in [1.29, 1.82) is 0 Å². The molecule has 4 nitrogen and oxygen atoms in total. The minimum Gasteiger partial charge on any atom is -0.395 e. The second-order valence-corrected chi connectivity index (χ2v) is 3.20. The number of nitrogens with zero attached hydrogens (tertiary/aromatic N) is 1. The summed E-state index contributed by atoms with van der Waals surface area (Å²) in [5.74, 6) is 0. The van der Waals surface area contributed by atoms with Crippen molar-refractivity contribution in [2.75, 3.05) is 19.7 Å². The van der Waals surface area contributed by atoms with Gasteiger partial charge >= 0.3 is 0 Å². The molecule has 0 fully saturated rings. The van der Waals surface area contributed by atoms with Gasteiger partial charge < -0.3 is 16.2 Å². The van der Waals surface area contributed by atoms with Crippen LogP contribution < -0.4 is 11.1 Å². The number of aryl methyl sites for hydroxylation is 1. The summed E-state index contributed by atoms with van der Waals surface area (Å²) in [6.07, 6.45) is 1.82. The highest BCUT2D eigenvalue weighted by atomic mass is 16.3. The molecule has 1 aromatic heterocycles. The molecule has 0 bridgehead atoms. The van der Waals surface area contributed by atoms with E-state index in [1.54, 1.807) is 0 Å². The highest BCUT2D eigenvalue weighted by Crippen LogP contribution is 2.09. The Hall–Kier alpha value is -0.970. The van der Waals surface area contributed by atoms with E-state index in [0.717, 1.165) is 11.3 Å². The van der Waals surface area contributed by atoms with Crippen molar-refractivity contribution >= 4 is 0 Å². The fraction of sp³-hybridized carbons (Fsp3) is 0.500. The van der Waals surface area contributed by atoms with Crippen LogP contribution in [0, 0.1) is 6.92 Å². The number of aliphatic hydroxyl groups excluding tert-OH is 1. The van der Waals surface area contributed by atoms with Crippen LogP contribution >= 0.6 is 0 Å². The van der Waals surface area contributed by atoms with Crippen LogP contribution in [0.2, 0.25) is 0 Å². The number of rotatable bonds is 5. The number of aliphatic hydroxyl groups is 1. The van der Waals surface area contributed by atoms with Crippen LogP contribution in [0.15, 0.2) is 18.3 Å². The second kappa shape index (κ2) is 5.70. The Bertz CT molecular complexity index is 261. The van der Waals surface area contributed by atoms with E-state index in [4.69, 9.17) is 10.8 Å². The van der Waals surface area contributed by atoms with E-state index in [1.807, 2.05) is 25.3 Å². The van der Waals surface area contributed by atoms with E-state index in [1.165, 1.54) is 0 Å². The molecule has 0 aromatic carbocycles. The lowest BCUT2D eigenvalue weighted by atomic mass is 10.1. The summed E-state index contributed by atoms with van der Waals surface area (Å²) in [6, 6.07) is 4.04. The zero-order valence-electron chi connectivity index (χ0n) is 8.40. The number of nitrogens with two attached hydrogens (primary N) is 1. The van der Waals surface area contributed by atoms with Crippen LogP contribution in [0.5, 0.6) is 0 Å². The topological polar surface area (TPSA) is 71.2 Å². The van der Waals surface area contributed by atoms with Gasteiger partial charge in [0, 0.05) is 31.0 Å². The van der Waals surface area contributed by atoms with Crippen molar-refractivity contribution in [3.63, 3.8) is 0 Å². The number of nitrogens with one attached hydrogen (secondary N) is 1. The Labute approximate surface area is 84.2 Å². The highest BCUT2D eigenvalue weighted by Gasteiger charge is 2.07. The molecular formula is C10H17N3O. The van der Waals surface area contributed by atoms with Gasteiger partial charge in [-0.15, -0.1) is 0 Å². The second-order valence-electron chi connectivity index (χ2n) is 3.20. The minimum atomic E-state index is 0.0789. The van der Waals surface area contributed by atoms with Gasteiger partial charge in [0.1, 0.15) is 0 Å². The van der Waals surface area contributed by atoms with Gasteiger partial charge in [-0.3, -0.25) is 4.98 Å². The number of hydrogen-bond donors (Lipinski definition) is 3. The van der Waals surface area contributed by atoms with Crippen LogP contribution in [-0.4, -0.2) is 29.8 Å². The van der Waals surface area contributed by atoms with E-state index in [2.05, 4.69) is 10.3 Å². The van der Waals surface area contributed by atoms with Gasteiger partial charge in [0.05, 0.1) is 6.61 Å². The summed E-state index contributed by atoms with van der Waals surface area (Å²) >= 11 is 0. The third-order valence-electron chi connectivity index (χ3n) is 2.07. The smallest absolute Gasteiger partial charge is 0.0556 e. The fourth-order valence-electron chi connectivity index (χ4n) is 1.26. The molecule has 14 heavy (non-hydrogen) atoms. The van der Waals surface area contributed by atoms with Crippen LogP contribution in [0.4, 0.5) is 0 Å². The predicted octanol–water partition coefficient (Wildman–Crippen LogP) is -0.0283. The third-order valence-corrected chi connectivity index (χ3v) is 2.07. The number of aromatic nitrogens is 1. The minimum absolute atomic E-state index is 0.0789. The molecule has 1 heterocycles. The molecule has 0 aliphatic rings. The van der Waals surface area contributed by atoms with Crippen LogP contribution in [0.25, 0.3) is 0 Å². The van der Waals surface area contributed by atoms with Crippen molar-refractivity contribution in [2.24, 2.45) is 5.73 Å². The summed E-state index contributed by atoms with van der Waals surface area (Å²) in [5.41, 5.74) is 7.67. The molecule has 0 aliphatic heterocycles. The SMILES string of the molecule is Cc1ccc(C(CN)NCCO)cn1. The predicted molar refractivity (Wildman–Crippen MR) is 55.9 cm³/mol. The zero-order valence-corrected chi connectivity index (χ0v) is 8.40. The normalized spacial score (nSPS) is 12.8. The van der Waals surface area contributed by atoms with E-state index in [9.17, 15) is 0 Å². The molecule has 1 unspecified atom stereocenters. The molecule has 4 heteroatoms. The molecule has 1 rings (SSSR count). The first-order valence-corrected chi connectivity index (χ1v) is 4.74. The first-order chi connectivity index (χ1) is 6.77. The Morgan fingerprint density at radius 3 is 2.86 bits per heavy atom. The molecule has 1 atom stereocenters. The molecule has 4 N–H and O–H groups in total. The molecule has 78 valence electrons. The Morgan fingerprint density at radius 2 is 2.36 bits per heavy atom. The van der Waals surface area contributed by atoms with Gasteiger partial charge in [-0.2, -0.15) is 0 Å². The largest absolute Gasteiger partial charge is 0.395 e. The van der Waals surface area contributed by atoms with Gasteiger partial charge in [0.25, 0.3) is 0 Å². The average molecular weight is 195 g/mol. The highest BCUT2D eigenvalue weighted by molar-refractivity contribution is 5.17. The summed E-state index contributed by atoms with van der Waals surface area (Å²) < 4.78 is 0. The maximum absolute atomic E-state index is 8.68. The van der Waals surface area contributed by atoms with Crippen LogP contribution in [0.3, 0.4) is 0 Å². The fourth-order valence-corrected chi connectivity index (χ4v) is 1.26. The summed E-state index contributed by atoms with van der Waals surface area (Å²) in [6.45, 7) is 3.12. The molecule has 0 amide bonds. The van der Waals surface area contributed by atoms with Gasteiger partial charge in [0.15, 0.2) is 0 Å². The molecule has 0 saturated carbocycles. The van der Waals surface area contributed by atoms with E-state index in [-0.39, 0.29) is 12.6 Å². The maximum Gasteiger partial charge on any atom is 0.0556 e. The van der Waals surface area contributed by atoms with E-state index < -0.39 is 0 Å². The van der Waals surface area contributed by atoms with E-state index in [0.29, 0.717) is 13.1 Å².